The molecule has 0 saturated heterocycles. The van der Waals surface area contributed by atoms with Gasteiger partial charge in [-0.25, -0.2) is 0 Å². The molecule has 1 unspecified atom stereocenters. The summed E-state index contributed by atoms with van der Waals surface area (Å²) < 4.78 is 0. The Morgan fingerprint density at radius 1 is 1.40 bits per heavy atom. The van der Waals surface area contributed by atoms with Gasteiger partial charge >= 0.3 is 5.97 Å². The van der Waals surface area contributed by atoms with Crippen LogP contribution < -0.4 is 0 Å². The lowest BCUT2D eigenvalue weighted by atomic mass is 9.93. The lowest BCUT2D eigenvalue weighted by Crippen LogP contribution is -2.53. The third-order valence-corrected chi connectivity index (χ3v) is 2.86. The lowest BCUT2D eigenvalue weighted by Gasteiger charge is -2.38. The molecule has 0 aliphatic rings. The molecule has 0 aromatic heterocycles. The van der Waals surface area contributed by atoms with Gasteiger partial charge in [0.25, 0.3) is 0 Å². The molecule has 1 atom stereocenters. The summed E-state index contributed by atoms with van der Waals surface area (Å²) in [5.74, 6) is -0.202. The Labute approximate surface area is 93.5 Å². The summed E-state index contributed by atoms with van der Waals surface area (Å²) >= 11 is 0. The molecule has 0 aliphatic carbocycles. The molecule has 15 heavy (non-hydrogen) atoms. The highest BCUT2D eigenvalue weighted by atomic mass is 16.4. The Hall–Kier alpha value is -0.570. The van der Waals surface area contributed by atoms with Crippen molar-refractivity contribution in [3.8, 4) is 0 Å². The van der Waals surface area contributed by atoms with Crippen LogP contribution in [0.5, 0.6) is 0 Å². The molecule has 0 aromatic rings. The van der Waals surface area contributed by atoms with Crippen molar-refractivity contribution in [3.05, 3.63) is 0 Å². The highest BCUT2D eigenvalue weighted by molar-refractivity contribution is 5.78. The summed E-state index contributed by atoms with van der Waals surface area (Å²) in [6.45, 7) is 11.8. The summed E-state index contributed by atoms with van der Waals surface area (Å²) in [6.07, 6.45) is 1.61. The molecule has 1 N–H and O–H groups in total. The molecule has 0 spiro atoms. The molecular formula is C12H25NO2. The first-order chi connectivity index (χ1) is 6.88. The van der Waals surface area contributed by atoms with Crippen molar-refractivity contribution in [2.24, 2.45) is 5.92 Å². The van der Waals surface area contributed by atoms with Crippen LogP contribution in [0.3, 0.4) is 0 Å². The van der Waals surface area contributed by atoms with Crippen LogP contribution in [0.4, 0.5) is 0 Å². The predicted octanol–water partition coefficient (Wildman–Crippen LogP) is 2.61. The molecule has 0 aromatic carbocycles. The maximum Gasteiger partial charge on any atom is 0.323 e. The van der Waals surface area contributed by atoms with E-state index in [1.165, 1.54) is 0 Å². The minimum Gasteiger partial charge on any atom is -0.480 e. The van der Waals surface area contributed by atoms with Crippen molar-refractivity contribution in [1.29, 1.82) is 0 Å². The summed E-state index contributed by atoms with van der Waals surface area (Å²) in [7, 11) is 0. The van der Waals surface area contributed by atoms with E-state index in [-0.39, 0.29) is 0 Å². The van der Waals surface area contributed by atoms with Gasteiger partial charge in [0.1, 0.15) is 5.54 Å². The molecule has 0 bridgehead atoms. The fourth-order valence-corrected chi connectivity index (χ4v) is 2.01. The van der Waals surface area contributed by atoms with E-state index in [0.29, 0.717) is 12.3 Å². The largest absolute Gasteiger partial charge is 0.480 e. The third-order valence-electron chi connectivity index (χ3n) is 2.86. The maximum atomic E-state index is 11.4. The van der Waals surface area contributed by atoms with Crippen LogP contribution in [-0.4, -0.2) is 34.6 Å². The zero-order chi connectivity index (χ0) is 12.1. The first-order valence-corrected chi connectivity index (χ1v) is 5.86. The smallest absolute Gasteiger partial charge is 0.323 e. The molecule has 0 amide bonds. The van der Waals surface area contributed by atoms with E-state index in [9.17, 15) is 9.90 Å². The number of nitrogens with zero attached hydrogens (tertiary/aromatic N) is 1. The first-order valence-electron chi connectivity index (χ1n) is 5.86. The van der Waals surface area contributed by atoms with E-state index in [1.54, 1.807) is 0 Å². The number of hydrogen-bond donors (Lipinski definition) is 1. The van der Waals surface area contributed by atoms with Crippen molar-refractivity contribution >= 4 is 5.97 Å². The average molecular weight is 215 g/mol. The average Bonchev–Trinajstić information content (AvgIpc) is 2.13. The molecule has 0 saturated carbocycles. The van der Waals surface area contributed by atoms with Gasteiger partial charge in [0, 0.05) is 6.54 Å². The summed E-state index contributed by atoms with van der Waals surface area (Å²) in [6, 6.07) is 0. The summed E-state index contributed by atoms with van der Waals surface area (Å²) in [5, 5.41) is 9.34. The second kappa shape index (κ2) is 6.11. The highest BCUT2D eigenvalue weighted by Gasteiger charge is 2.37. The molecule has 3 heteroatoms. The van der Waals surface area contributed by atoms with Crippen LogP contribution in [0, 0.1) is 5.92 Å². The van der Waals surface area contributed by atoms with Crippen molar-refractivity contribution in [2.45, 2.75) is 53.0 Å². The minimum atomic E-state index is -0.702. The van der Waals surface area contributed by atoms with Gasteiger partial charge in [0.15, 0.2) is 0 Å². The third kappa shape index (κ3) is 3.82. The van der Waals surface area contributed by atoms with E-state index in [1.807, 2.05) is 20.8 Å². The van der Waals surface area contributed by atoms with Crippen LogP contribution in [0.2, 0.25) is 0 Å². The second-order valence-electron chi connectivity index (χ2n) is 4.76. The zero-order valence-electron chi connectivity index (χ0n) is 10.7. The number of hydrogen-bond acceptors (Lipinski definition) is 2. The number of carboxylic acids is 1. The topological polar surface area (TPSA) is 40.5 Å². The van der Waals surface area contributed by atoms with E-state index in [2.05, 4.69) is 18.7 Å². The van der Waals surface area contributed by atoms with E-state index in [4.69, 9.17) is 0 Å². The Morgan fingerprint density at radius 3 is 2.20 bits per heavy atom. The number of likely N-dealkylation sites (N-methyl/N-ethyl adjacent to an activating group) is 1. The van der Waals surface area contributed by atoms with E-state index >= 15 is 0 Å². The molecular weight excluding hydrogens is 190 g/mol. The molecule has 0 radical (unpaired) electrons. The van der Waals surface area contributed by atoms with Crippen LogP contribution in [0.1, 0.15) is 47.5 Å². The minimum absolute atomic E-state index is 0.500. The van der Waals surface area contributed by atoms with Gasteiger partial charge in [-0.1, -0.05) is 34.1 Å². The molecule has 90 valence electrons. The first kappa shape index (κ1) is 14.4. The van der Waals surface area contributed by atoms with Crippen LogP contribution in [-0.2, 0) is 4.79 Å². The normalized spacial score (nSPS) is 15.7. The number of carboxylic acid groups (broad SMARTS) is 1. The second-order valence-corrected chi connectivity index (χ2v) is 4.76. The van der Waals surface area contributed by atoms with Crippen LogP contribution in [0.25, 0.3) is 0 Å². The number of rotatable bonds is 7. The van der Waals surface area contributed by atoms with Gasteiger partial charge in [0.2, 0.25) is 0 Å². The zero-order valence-corrected chi connectivity index (χ0v) is 10.7. The van der Waals surface area contributed by atoms with Crippen molar-refractivity contribution in [3.63, 3.8) is 0 Å². The van der Waals surface area contributed by atoms with Crippen LogP contribution >= 0.6 is 0 Å². The predicted molar refractivity (Wildman–Crippen MR) is 63.0 cm³/mol. The Morgan fingerprint density at radius 2 is 1.93 bits per heavy atom. The Kier molecular flexibility index (Phi) is 5.88. The van der Waals surface area contributed by atoms with E-state index in [0.717, 1.165) is 19.5 Å². The van der Waals surface area contributed by atoms with Gasteiger partial charge in [-0.15, -0.1) is 0 Å². The Balaban J connectivity index is 4.76. The van der Waals surface area contributed by atoms with Gasteiger partial charge in [0.05, 0.1) is 0 Å². The van der Waals surface area contributed by atoms with Gasteiger partial charge < -0.3 is 5.11 Å². The quantitative estimate of drug-likeness (QED) is 0.709. The maximum absolute atomic E-state index is 11.4. The number of carbonyl (C=O) groups is 1. The SMILES string of the molecule is CCCC(C)(C(=O)O)N(CC)CC(C)C. The van der Waals surface area contributed by atoms with Crippen LogP contribution in [0.15, 0.2) is 0 Å². The monoisotopic (exact) mass is 215 g/mol. The van der Waals surface area contributed by atoms with Gasteiger partial charge in [-0.3, -0.25) is 9.69 Å². The molecule has 0 aliphatic heterocycles. The molecule has 0 heterocycles. The number of aliphatic carboxylic acids is 1. The molecule has 0 fully saturated rings. The standard InChI is InChI=1S/C12H25NO2/c1-6-8-12(5,11(14)15)13(7-2)9-10(3)4/h10H,6-9H2,1-5H3,(H,14,15). The molecule has 3 nitrogen and oxygen atoms in total. The summed E-state index contributed by atoms with van der Waals surface area (Å²) in [5.41, 5.74) is -0.701. The fraction of sp³-hybridized carbons (Fsp3) is 0.917. The highest BCUT2D eigenvalue weighted by Crippen LogP contribution is 2.22. The van der Waals surface area contributed by atoms with Crippen molar-refractivity contribution < 1.29 is 9.90 Å². The fourth-order valence-electron chi connectivity index (χ4n) is 2.01. The Bertz CT molecular complexity index is 204. The lowest BCUT2D eigenvalue weighted by molar-refractivity contribution is -0.151. The van der Waals surface area contributed by atoms with E-state index < -0.39 is 11.5 Å². The summed E-state index contributed by atoms with van der Waals surface area (Å²) in [4.78, 5) is 13.4. The van der Waals surface area contributed by atoms with Gasteiger partial charge in [-0.05, 0) is 25.8 Å². The van der Waals surface area contributed by atoms with Crippen molar-refractivity contribution in [1.82, 2.24) is 4.90 Å². The molecule has 0 rings (SSSR count). The van der Waals surface area contributed by atoms with Gasteiger partial charge in [-0.2, -0.15) is 0 Å². The van der Waals surface area contributed by atoms with Crippen molar-refractivity contribution in [2.75, 3.05) is 13.1 Å².